The molecule has 0 fully saturated rings. The molecule has 0 saturated carbocycles. The molecule has 2 aromatic rings. The monoisotopic (exact) mass is 388 g/mol. The number of carboxylic acid groups (broad SMARTS) is 2. The molecule has 2 aromatic carbocycles. The van der Waals surface area contributed by atoms with Crippen LogP contribution in [0.5, 0.6) is 0 Å². The Morgan fingerprint density at radius 3 is 2.04 bits per heavy atom. The Morgan fingerprint density at radius 1 is 0.929 bits per heavy atom. The second-order valence-corrected chi connectivity index (χ2v) is 6.25. The van der Waals surface area contributed by atoms with E-state index in [9.17, 15) is 24.3 Å². The third-order valence-electron chi connectivity index (χ3n) is 4.39. The molecule has 148 valence electrons. The van der Waals surface area contributed by atoms with Crippen LogP contribution in [0.1, 0.15) is 17.5 Å². The summed E-state index contributed by atoms with van der Waals surface area (Å²) in [5.41, 5.74) is 1.54. The number of fused-ring (bicyclic) bond motifs is 1. The van der Waals surface area contributed by atoms with Gasteiger partial charge in [-0.3, -0.25) is 19.2 Å². The molecule has 2 N–H and O–H groups in total. The summed E-state index contributed by atoms with van der Waals surface area (Å²) in [7, 11) is 0. The first-order valence-corrected chi connectivity index (χ1v) is 8.54. The fourth-order valence-electron chi connectivity index (χ4n) is 3.12. The Balaban J connectivity index is 2.35. The van der Waals surface area contributed by atoms with E-state index in [1.54, 1.807) is 18.2 Å². The molecule has 0 saturated heterocycles. The first-order valence-electron chi connectivity index (χ1n) is 8.54. The quantitative estimate of drug-likeness (QED) is 0.527. The van der Waals surface area contributed by atoms with Crippen LogP contribution in [-0.2, 0) is 41.5 Å². The van der Waals surface area contributed by atoms with Crippen molar-refractivity contribution < 1.29 is 38.9 Å². The standard InChI is InChI=1S/C20H20O8/c21-11-27-10-16(28-12-22)8-14-6-5-13(17-3-1-2-4-18(14)17)7-15(20(25)26)9-19(23)24/h1-6,11-12,15-16H,7-10H2,(H,23,24)(H,25,26). The van der Waals surface area contributed by atoms with E-state index in [-0.39, 0.29) is 19.5 Å². The molecule has 8 heteroatoms. The number of carbonyl (C=O) groups is 4. The normalized spacial score (nSPS) is 12.7. The highest BCUT2D eigenvalue weighted by molar-refractivity contribution is 5.89. The van der Waals surface area contributed by atoms with Gasteiger partial charge in [-0.25, -0.2) is 0 Å². The Bertz CT molecular complexity index is 860. The minimum absolute atomic E-state index is 0.0744. The van der Waals surface area contributed by atoms with Crippen LogP contribution in [0.3, 0.4) is 0 Å². The lowest BCUT2D eigenvalue weighted by molar-refractivity contribution is -0.148. The highest BCUT2D eigenvalue weighted by Gasteiger charge is 2.23. The summed E-state index contributed by atoms with van der Waals surface area (Å²) < 4.78 is 9.65. The van der Waals surface area contributed by atoms with Crippen molar-refractivity contribution in [2.45, 2.75) is 25.4 Å². The Hall–Kier alpha value is -3.42. The highest BCUT2D eigenvalue weighted by Crippen LogP contribution is 2.27. The van der Waals surface area contributed by atoms with Crippen molar-refractivity contribution in [3.63, 3.8) is 0 Å². The van der Waals surface area contributed by atoms with Crippen LogP contribution in [0.25, 0.3) is 10.8 Å². The lowest BCUT2D eigenvalue weighted by Crippen LogP contribution is -2.22. The van der Waals surface area contributed by atoms with Crippen molar-refractivity contribution in [1.29, 1.82) is 0 Å². The van der Waals surface area contributed by atoms with Crippen molar-refractivity contribution in [2.24, 2.45) is 5.92 Å². The van der Waals surface area contributed by atoms with E-state index < -0.39 is 30.4 Å². The molecule has 2 unspecified atom stereocenters. The van der Waals surface area contributed by atoms with E-state index in [0.717, 1.165) is 16.3 Å². The number of rotatable bonds is 12. The Morgan fingerprint density at radius 2 is 1.54 bits per heavy atom. The van der Waals surface area contributed by atoms with Crippen LogP contribution in [0.2, 0.25) is 0 Å². The SMILES string of the molecule is O=COCC(Cc1ccc(CC(CC(=O)O)C(=O)O)c2ccccc12)OC=O. The molecule has 0 amide bonds. The first-order chi connectivity index (χ1) is 13.5. The molecule has 0 spiro atoms. The molecular weight excluding hydrogens is 368 g/mol. The summed E-state index contributed by atoms with van der Waals surface area (Å²) in [4.78, 5) is 43.4. The maximum Gasteiger partial charge on any atom is 0.307 e. The largest absolute Gasteiger partial charge is 0.481 e. The van der Waals surface area contributed by atoms with E-state index in [1.807, 2.05) is 18.2 Å². The zero-order valence-corrected chi connectivity index (χ0v) is 14.9. The average molecular weight is 388 g/mol. The molecule has 8 nitrogen and oxygen atoms in total. The molecule has 0 aliphatic carbocycles. The fraction of sp³-hybridized carbons (Fsp3) is 0.300. The first kappa shape index (κ1) is 20.9. The molecule has 0 aromatic heterocycles. The van der Waals surface area contributed by atoms with Gasteiger partial charge in [0.2, 0.25) is 0 Å². The van der Waals surface area contributed by atoms with Crippen LogP contribution in [0, 0.1) is 5.92 Å². The summed E-state index contributed by atoms with van der Waals surface area (Å²) in [6.07, 6.45) is -0.754. The smallest absolute Gasteiger partial charge is 0.307 e. The second kappa shape index (κ2) is 10.1. The van der Waals surface area contributed by atoms with Gasteiger partial charge in [0.05, 0.1) is 12.3 Å². The van der Waals surface area contributed by atoms with Gasteiger partial charge in [0.15, 0.2) is 0 Å². The number of carbonyl (C=O) groups excluding carboxylic acids is 2. The van der Waals surface area contributed by atoms with Crippen LogP contribution >= 0.6 is 0 Å². The number of carboxylic acids is 2. The Labute approximate surface area is 160 Å². The number of ether oxygens (including phenoxy) is 2. The van der Waals surface area contributed by atoms with Gasteiger partial charge in [0, 0.05) is 6.42 Å². The Kier molecular flexibility index (Phi) is 7.50. The summed E-state index contributed by atoms with van der Waals surface area (Å²) in [6, 6.07) is 10.8. The second-order valence-electron chi connectivity index (χ2n) is 6.25. The number of benzene rings is 2. The predicted octanol–water partition coefficient (Wildman–Crippen LogP) is 1.81. The summed E-state index contributed by atoms with van der Waals surface area (Å²) >= 11 is 0. The van der Waals surface area contributed by atoms with Crippen LogP contribution < -0.4 is 0 Å². The molecule has 0 aliphatic rings. The number of aliphatic carboxylic acids is 2. The lowest BCUT2D eigenvalue weighted by atomic mass is 9.90. The average Bonchev–Trinajstić information content (AvgIpc) is 2.67. The number of hydrogen-bond donors (Lipinski definition) is 2. The topological polar surface area (TPSA) is 127 Å². The van der Waals surface area contributed by atoms with Gasteiger partial charge in [0.25, 0.3) is 12.9 Å². The van der Waals surface area contributed by atoms with E-state index >= 15 is 0 Å². The molecule has 2 atom stereocenters. The summed E-state index contributed by atoms with van der Waals surface area (Å²) in [5, 5.41) is 19.9. The molecule has 2 rings (SSSR count). The fourth-order valence-corrected chi connectivity index (χ4v) is 3.12. The molecular formula is C20H20O8. The van der Waals surface area contributed by atoms with Gasteiger partial charge in [-0.05, 0) is 28.3 Å². The van der Waals surface area contributed by atoms with Gasteiger partial charge < -0.3 is 19.7 Å². The van der Waals surface area contributed by atoms with Crippen LogP contribution in [-0.4, -0.2) is 47.8 Å². The predicted molar refractivity (Wildman–Crippen MR) is 97.7 cm³/mol. The van der Waals surface area contributed by atoms with Crippen LogP contribution in [0.15, 0.2) is 36.4 Å². The molecule has 0 bridgehead atoms. The van der Waals surface area contributed by atoms with Crippen LogP contribution in [0.4, 0.5) is 0 Å². The van der Waals surface area contributed by atoms with Crippen molar-refractivity contribution in [3.05, 3.63) is 47.5 Å². The van der Waals surface area contributed by atoms with Crippen molar-refractivity contribution in [1.82, 2.24) is 0 Å². The van der Waals surface area contributed by atoms with Crippen molar-refractivity contribution in [3.8, 4) is 0 Å². The van der Waals surface area contributed by atoms with Gasteiger partial charge >= 0.3 is 11.9 Å². The van der Waals surface area contributed by atoms with Crippen molar-refractivity contribution in [2.75, 3.05) is 6.61 Å². The van der Waals surface area contributed by atoms with E-state index in [1.165, 1.54) is 0 Å². The van der Waals surface area contributed by atoms with Gasteiger partial charge in [-0.2, -0.15) is 0 Å². The zero-order valence-electron chi connectivity index (χ0n) is 14.9. The molecule has 0 radical (unpaired) electrons. The summed E-state index contributed by atoms with van der Waals surface area (Å²) in [5.74, 6) is -3.38. The summed E-state index contributed by atoms with van der Waals surface area (Å²) in [6.45, 7) is 0.480. The maximum atomic E-state index is 11.4. The molecule has 28 heavy (non-hydrogen) atoms. The van der Waals surface area contributed by atoms with E-state index in [2.05, 4.69) is 4.74 Å². The lowest BCUT2D eigenvalue weighted by Gasteiger charge is -2.18. The third-order valence-corrected chi connectivity index (χ3v) is 4.39. The zero-order chi connectivity index (χ0) is 20.5. The van der Waals surface area contributed by atoms with Crippen molar-refractivity contribution >= 4 is 35.7 Å². The van der Waals surface area contributed by atoms with E-state index in [4.69, 9.17) is 9.84 Å². The van der Waals surface area contributed by atoms with E-state index in [0.29, 0.717) is 18.5 Å². The maximum absolute atomic E-state index is 11.4. The number of hydrogen-bond acceptors (Lipinski definition) is 6. The molecule has 0 aliphatic heterocycles. The van der Waals surface area contributed by atoms with Gasteiger partial charge in [-0.1, -0.05) is 36.4 Å². The third kappa shape index (κ3) is 5.54. The minimum atomic E-state index is -1.17. The molecule has 0 heterocycles. The highest BCUT2D eigenvalue weighted by atomic mass is 16.6. The van der Waals surface area contributed by atoms with Gasteiger partial charge in [-0.15, -0.1) is 0 Å². The van der Waals surface area contributed by atoms with Gasteiger partial charge in [0.1, 0.15) is 12.7 Å². The minimum Gasteiger partial charge on any atom is -0.481 e.